The maximum Gasteiger partial charge on any atom is 0.230 e. The molecule has 0 unspecified atom stereocenters. The minimum absolute atomic E-state index is 0.0754. The molecule has 0 aromatic rings. The zero-order chi connectivity index (χ0) is 9.52. The Morgan fingerprint density at radius 2 is 2.15 bits per heavy atom. The Morgan fingerprint density at radius 1 is 1.46 bits per heavy atom. The van der Waals surface area contributed by atoms with Crippen molar-refractivity contribution in [2.24, 2.45) is 0 Å². The Morgan fingerprint density at radius 3 is 2.77 bits per heavy atom. The fourth-order valence-electron chi connectivity index (χ4n) is 1.23. The molecule has 0 saturated carbocycles. The molecular formula is C8H15BrN2OS. The van der Waals surface area contributed by atoms with Crippen LogP contribution in [0, 0.1) is 0 Å². The van der Waals surface area contributed by atoms with Crippen LogP contribution < -0.4 is 5.32 Å². The first kappa shape index (κ1) is 11.3. The molecule has 0 bridgehead atoms. The van der Waals surface area contributed by atoms with Crippen LogP contribution in [0.3, 0.4) is 0 Å². The third-order valence-electron chi connectivity index (χ3n) is 1.98. The van der Waals surface area contributed by atoms with Gasteiger partial charge < -0.3 is 5.32 Å². The first-order valence-corrected chi connectivity index (χ1v) is 6.73. The normalized spacial score (nSPS) is 18.5. The summed E-state index contributed by atoms with van der Waals surface area (Å²) in [5.41, 5.74) is 0. The molecule has 0 aromatic heterocycles. The van der Waals surface area contributed by atoms with E-state index >= 15 is 0 Å². The van der Waals surface area contributed by atoms with Gasteiger partial charge in [0.05, 0.1) is 5.33 Å². The van der Waals surface area contributed by atoms with Crippen molar-refractivity contribution in [3.05, 3.63) is 0 Å². The average molecular weight is 267 g/mol. The van der Waals surface area contributed by atoms with E-state index in [9.17, 15) is 4.79 Å². The van der Waals surface area contributed by atoms with Gasteiger partial charge in [-0.15, -0.1) is 0 Å². The molecule has 0 radical (unpaired) electrons. The van der Waals surface area contributed by atoms with Crippen molar-refractivity contribution in [3.63, 3.8) is 0 Å². The largest absolute Gasteiger partial charge is 0.354 e. The molecule has 1 heterocycles. The van der Waals surface area contributed by atoms with Crippen LogP contribution in [-0.2, 0) is 4.79 Å². The summed E-state index contributed by atoms with van der Waals surface area (Å²) in [6, 6.07) is 0. The van der Waals surface area contributed by atoms with Gasteiger partial charge >= 0.3 is 0 Å². The summed E-state index contributed by atoms with van der Waals surface area (Å²) >= 11 is 5.12. The predicted molar refractivity (Wildman–Crippen MR) is 60.6 cm³/mol. The van der Waals surface area contributed by atoms with Crippen LogP contribution in [0.5, 0.6) is 0 Å². The van der Waals surface area contributed by atoms with E-state index < -0.39 is 0 Å². The topological polar surface area (TPSA) is 32.3 Å². The molecule has 5 heteroatoms. The number of carbonyl (C=O) groups is 1. The number of rotatable bonds is 4. The minimum Gasteiger partial charge on any atom is -0.354 e. The number of hydrogen-bond donors (Lipinski definition) is 1. The van der Waals surface area contributed by atoms with Crippen LogP contribution in [0.15, 0.2) is 0 Å². The highest BCUT2D eigenvalue weighted by Gasteiger charge is 2.09. The van der Waals surface area contributed by atoms with Crippen molar-refractivity contribution >= 4 is 33.6 Å². The summed E-state index contributed by atoms with van der Waals surface area (Å²) in [6.45, 7) is 4.08. The van der Waals surface area contributed by atoms with Gasteiger partial charge in [-0.1, -0.05) is 15.9 Å². The Kier molecular flexibility index (Phi) is 5.82. The molecule has 76 valence electrons. The maximum atomic E-state index is 10.9. The average Bonchev–Trinajstić information content (AvgIpc) is 2.19. The second kappa shape index (κ2) is 6.68. The predicted octanol–water partition coefficient (Wildman–Crippen LogP) is 0.546. The lowest BCUT2D eigenvalue weighted by Crippen LogP contribution is -2.39. The monoisotopic (exact) mass is 266 g/mol. The summed E-state index contributed by atoms with van der Waals surface area (Å²) in [5.74, 6) is 2.53. The number of nitrogens with one attached hydrogen (secondary N) is 1. The van der Waals surface area contributed by atoms with Gasteiger partial charge in [0.1, 0.15) is 0 Å². The van der Waals surface area contributed by atoms with E-state index in [1.807, 2.05) is 11.8 Å². The summed E-state index contributed by atoms with van der Waals surface area (Å²) in [4.78, 5) is 13.3. The van der Waals surface area contributed by atoms with E-state index in [0.29, 0.717) is 5.33 Å². The lowest BCUT2D eigenvalue weighted by Gasteiger charge is -2.25. The molecule has 0 spiro atoms. The smallest absolute Gasteiger partial charge is 0.230 e. The van der Waals surface area contributed by atoms with Gasteiger partial charge in [-0.05, 0) is 0 Å². The number of carbonyl (C=O) groups excluding carboxylic acids is 1. The van der Waals surface area contributed by atoms with Crippen LogP contribution in [0.4, 0.5) is 0 Å². The molecule has 0 aliphatic carbocycles. The zero-order valence-electron chi connectivity index (χ0n) is 7.59. The van der Waals surface area contributed by atoms with Gasteiger partial charge in [0.25, 0.3) is 0 Å². The van der Waals surface area contributed by atoms with Crippen LogP contribution in [-0.4, -0.2) is 53.8 Å². The maximum absolute atomic E-state index is 10.9. The second-order valence-corrected chi connectivity index (χ2v) is 4.72. The molecule has 3 nitrogen and oxygen atoms in total. The molecule has 0 atom stereocenters. The van der Waals surface area contributed by atoms with Gasteiger partial charge in [0.2, 0.25) is 5.91 Å². The molecule has 0 aromatic carbocycles. The summed E-state index contributed by atoms with van der Waals surface area (Å²) in [7, 11) is 0. The summed E-state index contributed by atoms with van der Waals surface area (Å²) in [6.07, 6.45) is 0. The molecule has 1 aliphatic heterocycles. The molecule has 13 heavy (non-hydrogen) atoms. The molecule has 1 aliphatic rings. The van der Waals surface area contributed by atoms with E-state index in [2.05, 4.69) is 26.1 Å². The molecule has 1 amide bonds. The number of nitrogens with zero attached hydrogens (tertiary/aromatic N) is 1. The highest BCUT2D eigenvalue weighted by Crippen LogP contribution is 2.07. The standard InChI is InChI=1S/C8H15BrN2OS/c9-7-8(12)10-1-2-11-3-5-13-6-4-11/h1-7H2,(H,10,12). The van der Waals surface area contributed by atoms with Crippen molar-refractivity contribution in [1.29, 1.82) is 0 Å². The molecule has 1 N–H and O–H groups in total. The summed E-state index contributed by atoms with van der Waals surface area (Å²) < 4.78 is 0. The van der Waals surface area contributed by atoms with Crippen molar-refractivity contribution in [3.8, 4) is 0 Å². The van der Waals surface area contributed by atoms with Gasteiger partial charge in [-0.25, -0.2) is 0 Å². The first-order chi connectivity index (χ1) is 6.33. The quantitative estimate of drug-likeness (QED) is 0.755. The molecule has 1 rings (SSSR count). The highest BCUT2D eigenvalue weighted by molar-refractivity contribution is 9.09. The Hall–Kier alpha value is 0.260. The van der Waals surface area contributed by atoms with Gasteiger partial charge in [-0.2, -0.15) is 11.8 Å². The van der Waals surface area contributed by atoms with Gasteiger partial charge in [0, 0.05) is 37.7 Å². The number of amides is 1. The number of halogens is 1. The summed E-state index contributed by atoms with van der Waals surface area (Å²) in [5, 5.41) is 3.25. The Bertz CT molecular complexity index is 162. The molecular weight excluding hydrogens is 252 g/mol. The SMILES string of the molecule is O=C(CBr)NCCN1CCSCC1. The van der Waals surface area contributed by atoms with Gasteiger partial charge in [0.15, 0.2) is 0 Å². The third kappa shape index (κ3) is 4.88. The number of hydrogen-bond acceptors (Lipinski definition) is 3. The second-order valence-electron chi connectivity index (χ2n) is 2.94. The highest BCUT2D eigenvalue weighted by atomic mass is 79.9. The van der Waals surface area contributed by atoms with E-state index in [1.165, 1.54) is 11.5 Å². The lowest BCUT2D eigenvalue weighted by atomic mass is 10.4. The first-order valence-electron chi connectivity index (χ1n) is 4.45. The van der Waals surface area contributed by atoms with E-state index in [-0.39, 0.29) is 5.91 Å². The molecule has 1 fully saturated rings. The minimum atomic E-state index is 0.0754. The fourth-order valence-corrected chi connectivity index (χ4v) is 2.40. The number of thioether (sulfide) groups is 1. The van der Waals surface area contributed by atoms with Crippen molar-refractivity contribution < 1.29 is 4.79 Å². The fraction of sp³-hybridized carbons (Fsp3) is 0.875. The molecule has 1 saturated heterocycles. The van der Waals surface area contributed by atoms with Crippen LogP contribution in [0.2, 0.25) is 0 Å². The third-order valence-corrected chi connectivity index (χ3v) is 3.43. The van der Waals surface area contributed by atoms with Crippen LogP contribution in [0.1, 0.15) is 0 Å². The van der Waals surface area contributed by atoms with E-state index in [1.54, 1.807) is 0 Å². The Balaban J connectivity index is 2.01. The van der Waals surface area contributed by atoms with Crippen molar-refractivity contribution in [2.45, 2.75) is 0 Å². The zero-order valence-corrected chi connectivity index (χ0v) is 9.99. The van der Waals surface area contributed by atoms with Crippen LogP contribution in [0.25, 0.3) is 0 Å². The lowest BCUT2D eigenvalue weighted by molar-refractivity contribution is -0.118. The van der Waals surface area contributed by atoms with E-state index in [4.69, 9.17) is 0 Å². The van der Waals surface area contributed by atoms with Gasteiger partial charge in [-0.3, -0.25) is 9.69 Å². The van der Waals surface area contributed by atoms with E-state index in [0.717, 1.165) is 26.2 Å². The van der Waals surface area contributed by atoms with Crippen LogP contribution >= 0.6 is 27.7 Å². The number of alkyl halides is 1. The Labute approximate surface area is 91.7 Å². The van der Waals surface area contributed by atoms with Crippen molar-refractivity contribution in [1.82, 2.24) is 10.2 Å². The van der Waals surface area contributed by atoms with Crippen molar-refractivity contribution in [2.75, 3.05) is 43.0 Å².